The van der Waals surface area contributed by atoms with Crippen molar-refractivity contribution in [1.82, 2.24) is 10.1 Å². The minimum Gasteiger partial charge on any atom is -0.482 e. The van der Waals surface area contributed by atoms with E-state index < -0.39 is 12.2 Å². The van der Waals surface area contributed by atoms with Crippen molar-refractivity contribution in [1.29, 1.82) is 0 Å². The monoisotopic (exact) mass is 417 g/mol. The smallest absolute Gasteiger partial charge is 0.269 e. The first kappa shape index (κ1) is 18.9. The van der Waals surface area contributed by atoms with Gasteiger partial charge in [-0.05, 0) is 42.8 Å². The summed E-state index contributed by atoms with van der Waals surface area (Å²) in [5.41, 5.74) is 1.47. The number of para-hydroxylation sites is 3. The Kier molecular flexibility index (Phi) is 4.87. The lowest BCUT2D eigenvalue weighted by atomic mass is 10.1. The van der Waals surface area contributed by atoms with Gasteiger partial charge in [-0.25, -0.2) is 0 Å². The predicted molar refractivity (Wildman–Crippen MR) is 111 cm³/mol. The van der Waals surface area contributed by atoms with Crippen molar-refractivity contribution in [2.24, 2.45) is 0 Å². The molecule has 1 N–H and O–H groups in total. The van der Waals surface area contributed by atoms with Crippen molar-refractivity contribution in [3.63, 3.8) is 0 Å². The van der Waals surface area contributed by atoms with Gasteiger partial charge in [-0.2, -0.15) is 4.98 Å². The number of rotatable bonds is 5. The van der Waals surface area contributed by atoms with Crippen molar-refractivity contribution in [2.75, 3.05) is 5.32 Å². The summed E-state index contributed by atoms with van der Waals surface area (Å²) in [5.74, 6) is 2.19. The van der Waals surface area contributed by atoms with Crippen LogP contribution in [-0.4, -0.2) is 28.3 Å². The van der Waals surface area contributed by atoms with Gasteiger partial charge in [0, 0.05) is 5.69 Å². The van der Waals surface area contributed by atoms with E-state index >= 15 is 0 Å². The summed E-state index contributed by atoms with van der Waals surface area (Å²) in [4.78, 5) is 17.3. The number of carbonyl (C=O) groups excluding carboxylic acids is 1. The number of furan rings is 1. The molecule has 0 aliphatic carbocycles. The molecule has 2 unspecified atom stereocenters. The van der Waals surface area contributed by atoms with Gasteiger partial charge in [0.1, 0.15) is 6.10 Å². The van der Waals surface area contributed by atoms with Crippen LogP contribution in [0.15, 0.2) is 75.9 Å². The predicted octanol–water partition coefficient (Wildman–Crippen LogP) is 4.09. The van der Waals surface area contributed by atoms with E-state index in [2.05, 4.69) is 15.5 Å². The van der Waals surface area contributed by atoms with Crippen molar-refractivity contribution in [3.05, 3.63) is 78.4 Å². The number of carbonyl (C=O) groups is 1. The highest BCUT2D eigenvalue weighted by Crippen LogP contribution is 2.34. The third-order valence-corrected chi connectivity index (χ3v) is 4.93. The molecule has 8 heteroatoms. The Morgan fingerprint density at radius 3 is 2.58 bits per heavy atom. The SMILES string of the molecule is CC1Oc2ccccc2OC1C(=O)Nc1ccccc1Cc1nc(-c2ccco2)no1. The van der Waals surface area contributed by atoms with Gasteiger partial charge in [-0.1, -0.05) is 35.5 Å². The topological polar surface area (TPSA) is 99.6 Å². The van der Waals surface area contributed by atoms with E-state index in [1.807, 2.05) is 42.5 Å². The van der Waals surface area contributed by atoms with Gasteiger partial charge in [0.15, 0.2) is 17.3 Å². The van der Waals surface area contributed by atoms with E-state index in [1.54, 1.807) is 31.4 Å². The van der Waals surface area contributed by atoms with Crippen LogP contribution in [0.25, 0.3) is 11.6 Å². The third kappa shape index (κ3) is 3.87. The van der Waals surface area contributed by atoms with Gasteiger partial charge in [-0.15, -0.1) is 0 Å². The number of hydrogen-bond donors (Lipinski definition) is 1. The van der Waals surface area contributed by atoms with Crippen molar-refractivity contribution in [3.8, 4) is 23.1 Å². The van der Waals surface area contributed by atoms with Crippen LogP contribution in [0.5, 0.6) is 11.5 Å². The number of nitrogens with zero attached hydrogens (tertiary/aromatic N) is 2. The normalized spacial score (nSPS) is 17.3. The van der Waals surface area contributed by atoms with Crippen molar-refractivity contribution < 1.29 is 23.2 Å². The second-order valence-electron chi connectivity index (χ2n) is 7.12. The molecule has 8 nitrogen and oxygen atoms in total. The zero-order valence-corrected chi connectivity index (χ0v) is 16.6. The molecule has 3 heterocycles. The first-order chi connectivity index (χ1) is 15.2. The second-order valence-corrected chi connectivity index (χ2v) is 7.12. The summed E-state index contributed by atoms with van der Waals surface area (Å²) < 4.78 is 22.4. The maximum atomic E-state index is 13.0. The lowest BCUT2D eigenvalue weighted by molar-refractivity contribution is -0.128. The Morgan fingerprint density at radius 2 is 1.77 bits per heavy atom. The zero-order valence-electron chi connectivity index (χ0n) is 16.6. The minimum absolute atomic E-state index is 0.295. The molecule has 5 rings (SSSR count). The van der Waals surface area contributed by atoms with E-state index in [9.17, 15) is 4.79 Å². The Bertz CT molecular complexity index is 1200. The van der Waals surface area contributed by atoms with E-state index in [1.165, 1.54) is 0 Å². The highest BCUT2D eigenvalue weighted by atomic mass is 16.6. The molecule has 0 fully saturated rings. The average molecular weight is 417 g/mol. The summed E-state index contributed by atoms with van der Waals surface area (Å²) in [7, 11) is 0. The molecule has 0 bridgehead atoms. The molecule has 2 aromatic carbocycles. The van der Waals surface area contributed by atoms with Crippen LogP contribution in [-0.2, 0) is 11.2 Å². The maximum Gasteiger partial charge on any atom is 0.269 e. The fraction of sp³-hybridized carbons (Fsp3) is 0.174. The number of aromatic nitrogens is 2. The van der Waals surface area contributed by atoms with E-state index in [4.69, 9.17) is 18.4 Å². The molecule has 0 radical (unpaired) electrons. The summed E-state index contributed by atoms with van der Waals surface area (Å²) in [6, 6.07) is 18.2. The summed E-state index contributed by atoms with van der Waals surface area (Å²) in [6.07, 6.45) is 0.683. The van der Waals surface area contributed by atoms with Crippen LogP contribution in [0.2, 0.25) is 0 Å². The largest absolute Gasteiger partial charge is 0.482 e. The van der Waals surface area contributed by atoms with E-state index in [0.717, 1.165) is 5.56 Å². The molecule has 1 aliphatic heterocycles. The molecule has 156 valence electrons. The number of nitrogens with one attached hydrogen (secondary N) is 1. The number of hydrogen-bond acceptors (Lipinski definition) is 7. The van der Waals surface area contributed by atoms with Gasteiger partial charge >= 0.3 is 0 Å². The fourth-order valence-electron chi connectivity index (χ4n) is 3.40. The number of anilines is 1. The first-order valence-electron chi connectivity index (χ1n) is 9.85. The van der Waals surface area contributed by atoms with Crippen LogP contribution < -0.4 is 14.8 Å². The molecule has 2 atom stereocenters. The fourth-order valence-corrected chi connectivity index (χ4v) is 3.40. The average Bonchev–Trinajstić information content (AvgIpc) is 3.46. The third-order valence-electron chi connectivity index (χ3n) is 4.93. The van der Waals surface area contributed by atoms with E-state index in [-0.39, 0.29) is 5.91 Å². The Labute approximate surface area is 177 Å². The summed E-state index contributed by atoms with van der Waals surface area (Å²) in [6.45, 7) is 1.81. The summed E-state index contributed by atoms with van der Waals surface area (Å²) in [5, 5.41) is 6.89. The standard InChI is InChI=1S/C23H19N3O5/c1-14-21(30-18-10-5-4-9-17(18)29-14)23(27)24-16-8-3-2-7-15(16)13-20-25-22(26-31-20)19-11-6-12-28-19/h2-12,14,21H,13H2,1H3,(H,24,27). The highest BCUT2D eigenvalue weighted by molar-refractivity contribution is 5.95. The van der Waals surface area contributed by atoms with Crippen LogP contribution >= 0.6 is 0 Å². The van der Waals surface area contributed by atoms with Gasteiger partial charge in [0.25, 0.3) is 5.91 Å². The molecular formula is C23H19N3O5. The quantitative estimate of drug-likeness (QED) is 0.522. The van der Waals surface area contributed by atoms with Gasteiger partial charge in [0.05, 0.1) is 12.7 Å². The molecule has 2 aromatic heterocycles. The van der Waals surface area contributed by atoms with Crippen molar-refractivity contribution in [2.45, 2.75) is 25.6 Å². The minimum atomic E-state index is -0.781. The maximum absolute atomic E-state index is 13.0. The Morgan fingerprint density at radius 1 is 1.00 bits per heavy atom. The lowest BCUT2D eigenvalue weighted by Gasteiger charge is -2.31. The zero-order chi connectivity index (χ0) is 21.2. The molecule has 0 saturated carbocycles. The van der Waals surface area contributed by atoms with Crippen LogP contribution in [0.1, 0.15) is 18.4 Å². The first-order valence-corrected chi connectivity index (χ1v) is 9.85. The lowest BCUT2D eigenvalue weighted by Crippen LogP contribution is -2.46. The number of fused-ring (bicyclic) bond motifs is 1. The Hall–Kier alpha value is -4.07. The van der Waals surface area contributed by atoms with Crippen molar-refractivity contribution >= 4 is 11.6 Å². The highest BCUT2D eigenvalue weighted by Gasteiger charge is 2.34. The molecule has 31 heavy (non-hydrogen) atoms. The second kappa shape index (κ2) is 7.98. The van der Waals surface area contributed by atoms with Gasteiger partial charge in [0.2, 0.25) is 17.8 Å². The molecule has 0 spiro atoms. The number of benzene rings is 2. The molecule has 4 aromatic rings. The molecular weight excluding hydrogens is 398 g/mol. The summed E-state index contributed by atoms with van der Waals surface area (Å²) >= 11 is 0. The van der Waals surface area contributed by atoms with E-state index in [0.29, 0.717) is 41.1 Å². The Balaban J connectivity index is 1.32. The molecule has 1 amide bonds. The number of ether oxygens (including phenoxy) is 2. The van der Waals surface area contributed by atoms with Crippen LogP contribution in [0.3, 0.4) is 0 Å². The number of amides is 1. The van der Waals surface area contributed by atoms with Crippen LogP contribution in [0, 0.1) is 0 Å². The molecule has 0 saturated heterocycles. The van der Waals surface area contributed by atoms with Gasteiger partial charge in [-0.3, -0.25) is 4.79 Å². The van der Waals surface area contributed by atoms with Crippen LogP contribution in [0.4, 0.5) is 5.69 Å². The molecule has 1 aliphatic rings. The van der Waals surface area contributed by atoms with Gasteiger partial charge < -0.3 is 23.7 Å².